The smallest absolute Gasteiger partial charge is 0.285 e. The maximum atomic E-state index is 5.69. The van der Waals surface area contributed by atoms with Gasteiger partial charge in [-0.2, -0.15) is 0 Å². The molecule has 0 radical (unpaired) electrons. The molecule has 0 saturated carbocycles. The zero-order valence-electron chi connectivity index (χ0n) is 6.57. The van der Waals surface area contributed by atoms with Crippen molar-refractivity contribution < 1.29 is 4.68 Å². The van der Waals surface area contributed by atoms with Crippen molar-refractivity contribution in [1.29, 1.82) is 0 Å². The van der Waals surface area contributed by atoms with Gasteiger partial charge in [0.2, 0.25) is 0 Å². The van der Waals surface area contributed by atoms with E-state index in [0.717, 1.165) is 11.3 Å². The molecule has 1 heterocycles. The number of hydrogen-bond acceptors (Lipinski definition) is 2. The monoisotopic (exact) mass is 160 g/mol. The predicted octanol–water partition coefficient (Wildman–Crippen LogP) is 0.375. The van der Waals surface area contributed by atoms with Crippen molar-refractivity contribution in [2.45, 2.75) is 0 Å². The van der Waals surface area contributed by atoms with Crippen LogP contribution in [0.5, 0.6) is 0 Å². The van der Waals surface area contributed by atoms with E-state index < -0.39 is 0 Å². The van der Waals surface area contributed by atoms with E-state index in [0.29, 0.717) is 5.82 Å². The number of aromatic nitrogens is 1. The van der Waals surface area contributed by atoms with Crippen LogP contribution < -0.4 is 16.3 Å². The summed E-state index contributed by atoms with van der Waals surface area (Å²) in [6.45, 7) is 0. The van der Waals surface area contributed by atoms with Gasteiger partial charge in [-0.05, 0) is 6.07 Å². The number of hydrogen-bond donors (Lipinski definition) is 2. The molecule has 3 heteroatoms. The second-order valence-corrected chi connectivity index (χ2v) is 2.69. The first-order valence-corrected chi connectivity index (χ1v) is 3.73. The fourth-order valence-electron chi connectivity index (χ4n) is 1.26. The predicted molar refractivity (Wildman–Crippen MR) is 47.8 cm³/mol. The zero-order valence-corrected chi connectivity index (χ0v) is 6.57. The van der Waals surface area contributed by atoms with Gasteiger partial charge in [0.1, 0.15) is 0 Å². The highest BCUT2D eigenvalue weighted by atomic mass is 15.3. The van der Waals surface area contributed by atoms with Crippen LogP contribution in [0.2, 0.25) is 0 Å². The Labute approximate surface area is 70.5 Å². The third-order valence-electron chi connectivity index (χ3n) is 1.89. The van der Waals surface area contributed by atoms with Crippen LogP contribution in [0.15, 0.2) is 36.4 Å². The number of anilines is 1. The van der Waals surface area contributed by atoms with Gasteiger partial charge >= 0.3 is 0 Å². The quantitative estimate of drug-likeness (QED) is 0.432. The SMILES string of the molecule is Nc1cc2cccccc-2[n+]1N. The van der Waals surface area contributed by atoms with E-state index in [4.69, 9.17) is 11.6 Å². The van der Waals surface area contributed by atoms with E-state index in [9.17, 15) is 0 Å². The lowest BCUT2D eigenvalue weighted by molar-refractivity contribution is -0.609. The van der Waals surface area contributed by atoms with E-state index in [2.05, 4.69) is 0 Å². The molecule has 0 bridgehead atoms. The van der Waals surface area contributed by atoms with Crippen molar-refractivity contribution in [2.24, 2.45) is 0 Å². The average Bonchev–Trinajstić information content (AvgIpc) is 2.30. The van der Waals surface area contributed by atoms with Gasteiger partial charge in [0.25, 0.3) is 5.82 Å². The summed E-state index contributed by atoms with van der Waals surface area (Å²) in [5.41, 5.74) is 7.63. The fraction of sp³-hybridized carbons (Fsp3) is 0. The van der Waals surface area contributed by atoms with Gasteiger partial charge in [0.05, 0.1) is 0 Å². The number of nitrogens with zero attached hydrogens (tertiary/aromatic N) is 1. The molecule has 0 aromatic heterocycles. The number of fused-ring (bicyclic) bond motifs is 1. The Hall–Kier alpha value is -1.77. The first-order valence-electron chi connectivity index (χ1n) is 3.73. The van der Waals surface area contributed by atoms with Crippen LogP contribution in [-0.4, -0.2) is 0 Å². The summed E-state index contributed by atoms with van der Waals surface area (Å²) >= 11 is 0. The molecule has 0 spiro atoms. The molecular weight excluding hydrogens is 150 g/mol. The molecule has 2 aliphatic rings. The number of nitrogens with two attached hydrogens (primary N) is 2. The van der Waals surface area contributed by atoms with E-state index in [1.807, 2.05) is 36.4 Å². The van der Waals surface area contributed by atoms with Crippen LogP contribution in [0.4, 0.5) is 5.82 Å². The van der Waals surface area contributed by atoms with Crippen molar-refractivity contribution >= 4 is 5.82 Å². The number of nitrogen functional groups attached to an aromatic ring is 2. The van der Waals surface area contributed by atoms with Gasteiger partial charge in [-0.1, -0.05) is 24.3 Å². The summed E-state index contributed by atoms with van der Waals surface area (Å²) in [6, 6.07) is 11.6. The third-order valence-corrected chi connectivity index (χ3v) is 1.89. The molecule has 2 rings (SSSR count). The summed E-state index contributed by atoms with van der Waals surface area (Å²) in [4.78, 5) is 0. The van der Waals surface area contributed by atoms with Crippen LogP contribution >= 0.6 is 0 Å². The molecule has 0 unspecified atom stereocenters. The normalized spacial score (nSPS) is 10.3. The minimum Gasteiger partial charge on any atom is -0.285 e. The van der Waals surface area contributed by atoms with Gasteiger partial charge in [-0.3, -0.25) is 11.6 Å². The first-order chi connectivity index (χ1) is 5.79. The highest BCUT2D eigenvalue weighted by molar-refractivity contribution is 5.61. The summed E-state index contributed by atoms with van der Waals surface area (Å²) in [5.74, 6) is 6.27. The highest BCUT2D eigenvalue weighted by Gasteiger charge is 2.14. The second kappa shape index (κ2) is 2.37. The van der Waals surface area contributed by atoms with Gasteiger partial charge < -0.3 is 0 Å². The maximum Gasteiger partial charge on any atom is 0.296 e. The molecule has 0 saturated heterocycles. The average molecular weight is 160 g/mol. The van der Waals surface area contributed by atoms with E-state index in [1.165, 1.54) is 4.68 Å². The van der Waals surface area contributed by atoms with Gasteiger partial charge in [0.15, 0.2) is 5.69 Å². The van der Waals surface area contributed by atoms with Gasteiger partial charge in [0, 0.05) is 11.6 Å². The van der Waals surface area contributed by atoms with Crippen molar-refractivity contribution in [3.8, 4) is 11.3 Å². The molecule has 60 valence electrons. The lowest BCUT2D eigenvalue weighted by Gasteiger charge is -1.89. The summed E-state index contributed by atoms with van der Waals surface area (Å²) < 4.78 is 1.48. The molecular formula is C9H10N3+. The van der Waals surface area contributed by atoms with Gasteiger partial charge in [-0.15, -0.1) is 4.68 Å². The Bertz CT molecular complexity index is 384. The Kier molecular flexibility index (Phi) is 1.37. The molecule has 12 heavy (non-hydrogen) atoms. The number of rotatable bonds is 0. The van der Waals surface area contributed by atoms with Gasteiger partial charge in [-0.25, -0.2) is 0 Å². The molecule has 0 fully saturated rings. The summed E-state index contributed by atoms with van der Waals surface area (Å²) in [7, 11) is 0. The van der Waals surface area contributed by atoms with Crippen LogP contribution in [0, 0.1) is 0 Å². The molecule has 0 atom stereocenters. The molecule has 4 N–H and O–H groups in total. The molecule has 1 aliphatic carbocycles. The Balaban J connectivity index is 2.79. The first kappa shape index (κ1) is 6.91. The Morgan fingerprint density at radius 1 is 1.08 bits per heavy atom. The van der Waals surface area contributed by atoms with Crippen LogP contribution in [0.1, 0.15) is 0 Å². The fourth-order valence-corrected chi connectivity index (χ4v) is 1.26. The molecule has 0 amide bonds. The Morgan fingerprint density at radius 2 is 1.83 bits per heavy atom. The summed E-state index contributed by atoms with van der Waals surface area (Å²) in [6.07, 6.45) is 0. The lowest BCUT2D eigenvalue weighted by Crippen LogP contribution is -2.46. The Morgan fingerprint density at radius 3 is 2.67 bits per heavy atom. The van der Waals surface area contributed by atoms with Crippen molar-refractivity contribution in [3.63, 3.8) is 0 Å². The minimum absolute atomic E-state index is 0.580. The summed E-state index contributed by atoms with van der Waals surface area (Å²) in [5, 5.41) is 0. The van der Waals surface area contributed by atoms with Crippen molar-refractivity contribution in [1.82, 2.24) is 0 Å². The van der Waals surface area contributed by atoms with Crippen molar-refractivity contribution in [3.05, 3.63) is 36.4 Å². The maximum absolute atomic E-state index is 5.69. The zero-order chi connectivity index (χ0) is 8.55. The van der Waals surface area contributed by atoms with E-state index in [-0.39, 0.29) is 0 Å². The standard InChI is InChI=1S/C9H9N3/c10-9-6-7-4-2-1-3-5-8(7)12(9)11/h1-6,10H,11H2/p+1. The van der Waals surface area contributed by atoms with Crippen molar-refractivity contribution in [2.75, 3.05) is 11.6 Å². The second-order valence-electron chi connectivity index (χ2n) is 2.69. The minimum atomic E-state index is 0.580. The third kappa shape index (κ3) is 0.871. The van der Waals surface area contributed by atoms with Crippen LogP contribution in [-0.2, 0) is 0 Å². The van der Waals surface area contributed by atoms with E-state index >= 15 is 0 Å². The topological polar surface area (TPSA) is 55.9 Å². The van der Waals surface area contributed by atoms with E-state index in [1.54, 1.807) is 0 Å². The van der Waals surface area contributed by atoms with Crippen LogP contribution in [0.25, 0.3) is 11.3 Å². The highest BCUT2D eigenvalue weighted by Crippen LogP contribution is 2.18. The lowest BCUT2D eigenvalue weighted by atomic mass is 10.2. The molecule has 1 aliphatic heterocycles. The molecule has 3 nitrogen and oxygen atoms in total. The molecule has 0 aromatic rings. The molecule has 0 aromatic carbocycles. The largest absolute Gasteiger partial charge is 0.296 e. The van der Waals surface area contributed by atoms with Crippen LogP contribution in [0.3, 0.4) is 0 Å².